The van der Waals surface area contributed by atoms with Gasteiger partial charge in [-0.15, -0.1) is 0 Å². The highest BCUT2D eigenvalue weighted by Crippen LogP contribution is 2.28. The van der Waals surface area contributed by atoms with Crippen LogP contribution >= 0.6 is 15.9 Å². The quantitative estimate of drug-likeness (QED) is 0.807. The standard InChI is InChI=1S/C18H27BrN2/c1-15-4-2-3-5-18(15)21-12-10-20(11-13-21)14-16-6-8-17(19)9-7-16/h6-9,15,18H,2-5,10-14H2,1H3/t15-,18-/m0/s1. The van der Waals surface area contributed by atoms with Crippen LogP contribution in [0, 0.1) is 5.92 Å². The van der Waals surface area contributed by atoms with E-state index in [9.17, 15) is 0 Å². The first-order valence-corrected chi connectivity index (χ1v) is 9.22. The second-order valence-electron chi connectivity index (χ2n) is 6.77. The summed E-state index contributed by atoms with van der Waals surface area (Å²) in [5.74, 6) is 0.900. The Morgan fingerprint density at radius 2 is 1.67 bits per heavy atom. The molecule has 2 fully saturated rings. The SMILES string of the molecule is C[C@H]1CCCC[C@@H]1N1CCN(Cc2ccc(Br)cc2)CC1. The van der Waals surface area contributed by atoms with Crippen LogP contribution in [0.4, 0.5) is 0 Å². The Balaban J connectivity index is 1.49. The van der Waals surface area contributed by atoms with Gasteiger partial charge in [0.25, 0.3) is 0 Å². The van der Waals surface area contributed by atoms with E-state index >= 15 is 0 Å². The summed E-state index contributed by atoms with van der Waals surface area (Å²) in [4.78, 5) is 5.37. The van der Waals surface area contributed by atoms with E-state index < -0.39 is 0 Å². The fourth-order valence-corrected chi connectivity index (χ4v) is 4.20. The molecule has 2 aliphatic rings. The molecule has 1 heterocycles. The molecule has 1 saturated carbocycles. The number of hydrogen-bond donors (Lipinski definition) is 0. The first-order chi connectivity index (χ1) is 10.2. The summed E-state index contributed by atoms with van der Waals surface area (Å²) in [5, 5.41) is 0. The van der Waals surface area contributed by atoms with Crippen molar-refractivity contribution in [3.8, 4) is 0 Å². The third-order valence-corrected chi connectivity index (χ3v) is 5.79. The van der Waals surface area contributed by atoms with Crippen molar-refractivity contribution < 1.29 is 0 Å². The van der Waals surface area contributed by atoms with Gasteiger partial charge in [-0.1, -0.05) is 47.8 Å². The molecule has 3 heteroatoms. The zero-order valence-corrected chi connectivity index (χ0v) is 14.7. The number of hydrogen-bond acceptors (Lipinski definition) is 2. The van der Waals surface area contributed by atoms with Crippen molar-refractivity contribution in [3.63, 3.8) is 0 Å². The van der Waals surface area contributed by atoms with Gasteiger partial charge in [0, 0.05) is 43.2 Å². The lowest BCUT2D eigenvalue weighted by atomic mass is 9.84. The molecule has 0 spiro atoms. The predicted molar refractivity (Wildman–Crippen MR) is 92.4 cm³/mol. The molecular formula is C18H27BrN2. The van der Waals surface area contributed by atoms with Gasteiger partial charge in [-0.25, -0.2) is 0 Å². The molecule has 0 aromatic heterocycles. The van der Waals surface area contributed by atoms with Crippen molar-refractivity contribution in [2.24, 2.45) is 5.92 Å². The maximum absolute atomic E-state index is 3.51. The highest BCUT2D eigenvalue weighted by molar-refractivity contribution is 9.10. The normalized spacial score (nSPS) is 28.7. The van der Waals surface area contributed by atoms with Crippen LogP contribution in [0.2, 0.25) is 0 Å². The van der Waals surface area contributed by atoms with Crippen molar-refractivity contribution >= 4 is 15.9 Å². The average molecular weight is 351 g/mol. The molecular weight excluding hydrogens is 324 g/mol. The first-order valence-electron chi connectivity index (χ1n) is 8.43. The second kappa shape index (κ2) is 7.26. The van der Waals surface area contributed by atoms with Gasteiger partial charge in [-0.05, 0) is 36.5 Å². The number of nitrogens with zero attached hydrogens (tertiary/aromatic N) is 2. The van der Waals surface area contributed by atoms with E-state index in [1.54, 1.807) is 0 Å². The van der Waals surface area contributed by atoms with E-state index in [1.807, 2.05) is 0 Å². The monoisotopic (exact) mass is 350 g/mol. The van der Waals surface area contributed by atoms with Crippen LogP contribution in [0.15, 0.2) is 28.7 Å². The lowest BCUT2D eigenvalue weighted by Crippen LogP contribution is -2.52. The third kappa shape index (κ3) is 4.08. The Morgan fingerprint density at radius 3 is 2.33 bits per heavy atom. The second-order valence-corrected chi connectivity index (χ2v) is 7.68. The minimum Gasteiger partial charge on any atom is -0.298 e. The average Bonchev–Trinajstić information content (AvgIpc) is 2.51. The first kappa shape index (κ1) is 15.5. The van der Waals surface area contributed by atoms with E-state index in [-0.39, 0.29) is 0 Å². The number of rotatable bonds is 3. The molecule has 0 N–H and O–H groups in total. The molecule has 1 aliphatic carbocycles. The van der Waals surface area contributed by atoms with Gasteiger partial charge in [0.1, 0.15) is 0 Å². The molecule has 0 radical (unpaired) electrons. The van der Waals surface area contributed by atoms with E-state index in [1.165, 1.54) is 61.9 Å². The molecule has 21 heavy (non-hydrogen) atoms. The molecule has 2 nitrogen and oxygen atoms in total. The molecule has 1 saturated heterocycles. The molecule has 3 rings (SSSR count). The zero-order chi connectivity index (χ0) is 14.7. The molecule has 0 unspecified atom stereocenters. The number of piperazine rings is 1. The Hall–Kier alpha value is -0.380. The summed E-state index contributed by atoms with van der Waals surface area (Å²) in [7, 11) is 0. The van der Waals surface area contributed by atoms with Gasteiger partial charge < -0.3 is 0 Å². The van der Waals surface area contributed by atoms with Gasteiger partial charge in [0.15, 0.2) is 0 Å². The molecule has 1 aromatic rings. The minimum absolute atomic E-state index is 0.855. The lowest BCUT2D eigenvalue weighted by molar-refractivity contribution is 0.0518. The Morgan fingerprint density at radius 1 is 1.00 bits per heavy atom. The van der Waals surface area contributed by atoms with Crippen molar-refractivity contribution in [1.82, 2.24) is 9.80 Å². The maximum atomic E-state index is 3.51. The summed E-state index contributed by atoms with van der Waals surface area (Å²) >= 11 is 3.51. The summed E-state index contributed by atoms with van der Waals surface area (Å²) < 4.78 is 1.17. The van der Waals surface area contributed by atoms with Crippen LogP contribution in [0.3, 0.4) is 0 Å². The summed E-state index contributed by atoms with van der Waals surface area (Å²) in [5.41, 5.74) is 1.43. The fraction of sp³-hybridized carbons (Fsp3) is 0.667. The summed E-state index contributed by atoms with van der Waals surface area (Å²) in [6.45, 7) is 8.51. The zero-order valence-electron chi connectivity index (χ0n) is 13.1. The van der Waals surface area contributed by atoms with Crippen molar-refractivity contribution in [2.45, 2.75) is 45.2 Å². The van der Waals surface area contributed by atoms with E-state index in [2.05, 4.69) is 56.9 Å². The van der Waals surface area contributed by atoms with Gasteiger partial charge in [0.05, 0.1) is 0 Å². The molecule has 2 atom stereocenters. The van der Waals surface area contributed by atoms with Crippen LogP contribution in [-0.4, -0.2) is 42.0 Å². The van der Waals surface area contributed by atoms with E-state index in [0.29, 0.717) is 0 Å². The maximum Gasteiger partial charge on any atom is 0.0234 e. The van der Waals surface area contributed by atoms with Crippen LogP contribution in [0.25, 0.3) is 0 Å². The number of benzene rings is 1. The van der Waals surface area contributed by atoms with Crippen LogP contribution in [0.5, 0.6) is 0 Å². The van der Waals surface area contributed by atoms with Crippen LogP contribution in [-0.2, 0) is 6.54 Å². The third-order valence-electron chi connectivity index (χ3n) is 5.26. The molecule has 116 valence electrons. The smallest absolute Gasteiger partial charge is 0.0234 e. The topological polar surface area (TPSA) is 6.48 Å². The highest BCUT2D eigenvalue weighted by Gasteiger charge is 2.29. The van der Waals surface area contributed by atoms with E-state index in [0.717, 1.165) is 18.5 Å². The Kier molecular flexibility index (Phi) is 5.36. The number of halogens is 1. The van der Waals surface area contributed by atoms with Gasteiger partial charge in [0.2, 0.25) is 0 Å². The minimum atomic E-state index is 0.855. The molecule has 1 aromatic carbocycles. The largest absolute Gasteiger partial charge is 0.298 e. The fourth-order valence-electron chi connectivity index (χ4n) is 3.94. The van der Waals surface area contributed by atoms with Crippen LogP contribution < -0.4 is 0 Å². The summed E-state index contributed by atoms with van der Waals surface area (Å²) in [6, 6.07) is 9.62. The van der Waals surface area contributed by atoms with Gasteiger partial charge in [-0.3, -0.25) is 9.80 Å². The Bertz CT molecular complexity index is 437. The van der Waals surface area contributed by atoms with Crippen molar-refractivity contribution in [2.75, 3.05) is 26.2 Å². The molecule has 0 amide bonds. The molecule has 0 bridgehead atoms. The predicted octanol–water partition coefficient (Wildman–Crippen LogP) is 4.15. The summed E-state index contributed by atoms with van der Waals surface area (Å²) in [6.07, 6.45) is 5.74. The van der Waals surface area contributed by atoms with E-state index in [4.69, 9.17) is 0 Å². The van der Waals surface area contributed by atoms with Crippen LogP contribution in [0.1, 0.15) is 38.2 Å². The van der Waals surface area contributed by atoms with Crippen molar-refractivity contribution in [1.29, 1.82) is 0 Å². The van der Waals surface area contributed by atoms with Crippen molar-refractivity contribution in [3.05, 3.63) is 34.3 Å². The Labute approximate surface area is 137 Å². The molecule has 1 aliphatic heterocycles. The van der Waals surface area contributed by atoms with Gasteiger partial charge in [-0.2, -0.15) is 0 Å². The highest BCUT2D eigenvalue weighted by atomic mass is 79.9. The lowest BCUT2D eigenvalue weighted by Gasteiger charge is -2.43. The van der Waals surface area contributed by atoms with Gasteiger partial charge >= 0.3 is 0 Å².